The van der Waals surface area contributed by atoms with Gasteiger partial charge in [0.1, 0.15) is 24.4 Å². The number of aliphatic hydroxyl groups is 5. The quantitative estimate of drug-likeness (QED) is 0.0270. The molecule has 1 aliphatic rings. The van der Waals surface area contributed by atoms with Gasteiger partial charge in [-0.05, 0) is 83.5 Å². The number of nitrogens with one attached hydrogen (secondary N) is 1. The molecule has 9 nitrogen and oxygen atoms in total. The lowest BCUT2D eigenvalue weighted by atomic mass is 9.99. The van der Waals surface area contributed by atoms with Crippen molar-refractivity contribution >= 4 is 5.91 Å². The molecule has 0 aliphatic carbocycles. The Bertz CT molecular complexity index is 1240. The van der Waals surface area contributed by atoms with Crippen molar-refractivity contribution in [2.24, 2.45) is 0 Å². The summed E-state index contributed by atoms with van der Waals surface area (Å²) >= 11 is 0. The number of hydrogen-bond donors (Lipinski definition) is 6. The van der Waals surface area contributed by atoms with Gasteiger partial charge in [-0.15, -0.1) is 0 Å². The summed E-state index contributed by atoms with van der Waals surface area (Å²) in [6, 6.07) is -0.834. The molecule has 336 valence electrons. The van der Waals surface area contributed by atoms with Gasteiger partial charge in [0.15, 0.2) is 6.29 Å². The highest BCUT2D eigenvalue weighted by Crippen LogP contribution is 2.22. The molecule has 7 unspecified atom stereocenters. The van der Waals surface area contributed by atoms with Crippen LogP contribution in [0.2, 0.25) is 0 Å². The second kappa shape index (κ2) is 39.3. The molecule has 1 fully saturated rings. The third kappa shape index (κ3) is 29.9. The lowest BCUT2D eigenvalue weighted by molar-refractivity contribution is -0.302. The zero-order chi connectivity index (χ0) is 43.0. The van der Waals surface area contributed by atoms with Crippen LogP contribution in [-0.4, -0.2) is 87.5 Å². The molecule has 0 bridgehead atoms. The van der Waals surface area contributed by atoms with E-state index in [1.165, 1.54) is 32.1 Å². The normalized spacial score (nSPS) is 21.6. The number of unbranched alkanes of at least 4 members (excludes halogenated alkanes) is 12. The maximum absolute atomic E-state index is 12.9. The first-order chi connectivity index (χ1) is 28.8. The van der Waals surface area contributed by atoms with Crippen LogP contribution in [0.1, 0.15) is 155 Å². The zero-order valence-electron chi connectivity index (χ0n) is 36.7. The molecule has 0 aromatic heterocycles. The molecular formula is C50H83NO8. The van der Waals surface area contributed by atoms with Crippen molar-refractivity contribution in [3.05, 3.63) is 97.2 Å². The van der Waals surface area contributed by atoms with Crippen LogP contribution in [0.5, 0.6) is 0 Å². The van der Waals surface area contributed by atoms with E-state index in [4.69, 9.17) is 9.47 Å². The highest BCUT2D eigenvalue weighted by atomic mass is 16.7. The van der Waals surface area contributed by atoms with Gasteiger partial charge in [0.25, 0.3) is 0 Å². The molecule has 1 heterocycles. The van der Waals surface area contributed by atoms with Gasteiger partial charge in [-0.1, -0.05) is 162 Å². The SMILES string of the molecule is CC/C=C\C/C=C\C/C=C\C/C=C\C/C=C\C/C=C\CCCCCCCCC(=O)NC(COC1OC(CO)C(O)C(O)C1O)C(O)/C=C/CC/C=C/CCCCCCC. The van der Waals surface area contributed by atoms with Crippen LogP contribution in [0.15, 0.2) is 97.2 Å². The number of rotatable bonds is 36. The molecule has 0 spiro atoms. The van der Waals surface area contributed by atoms with Crippen LogP contribution in [0, 0.1) is 0 Å². The molecule has 6 N–H and O–H groups in total. The van der Waals surface area contributed by atoms with E-state index in [1.54, 1.807) is 6.08 Å². The number of carbonyl (C=O) groups excluding carboxylic acids is 1. The minimum Gasteiger partial charge on any atom is -0.394 e. The van der Waals surface area contributed by atoms with Crippen molar-refractivity contribution in [2.75, 3.05) is 13.2 Å². The van der Waals surface area contributed by atoms with E-state index in [2.05, 4.69) is 104 Å². The second-order valence-electron chi connectivity index (χ2n) is 15.5. The number of amides is 1. The fraction of sp³-hybridized carbons (Fsp3) is 0.660. The maximum atomic E-state index is 12.9. The van der Waals surface area contributed by atoms with Crippen molar-refractivity contribution in [2.45, 2.75) is 198 Å². The topological polar surface area (TPSA) is 149 Å². The van der Waals surface area contributed by atoms with Gasteiger partial charge in [-0.2, -0.15) is 0 Å². The molecule has 0 radical (unpaired) electrons. The highest BCUT2D eigenvalue weighted by Gasteiger charge is 2.44. The van der Waals surface area contributed by atoms with Crippen molar-refractivity contribution in [1.82, 2.24) is 5.32 Å². The highest BCUT2D eigenvalue weighted by molar-refractivity contribution is 5.76. The summed E-state index contributed by atoms with van der Waals surface area (Å²) in [6.07, 6.45) is 48.8. The third-order valence-corrected chi connectivity index (χ3v) is 10.1. The molecule has 0 aromatic carbocycles. The van der Waals surface area contributed by atoms with Crippen LogP contribution < -0.4 is 5.32 Å². The summed E-state index contributed by atoms with van der Waals surface area (Å²) in [6.45, 7) is 3.58. The molecule has 1 aliphatic heterocycles. The first-order valence-corrected chi connectivity index (χ1v) is 23.0. The average molecular weight is 826 g/mol. The van der Waals surface area contributed by atoms with Gasteiger partial charge in [0.05, 0.1) is 25.4 Å². The Morgan fingerprint density at radius 2 is 1.07 bits per heavy atom. The second-order valence-corrected chi connectivity index (χ2v) is 15.5. The molecule has 7 atom stereocenters. The van der Waals surface area contributed by atoms with Crippen LogP contribution in [0.3, 0.4) is 0 Å². The summed E-state index contributed by atoms with van der Waals surface area (Å²) in [5.41, 5.74) is 0. The Kier molecular flexibility index (Phi) is 36.0. The minimum absolute atomic E-state index is 0.209. The fourth-order valence-electron chi connectivity index (χ4n) is 6.47. The Morgan fingerprint density at radius 3 is 1.63 bits per heavy atom. The molecule has 0 saturated carbocycles. The first-order valence-electron chi connectivity index (χ1n) is 23.0. The number of ether oxygens (including phenoxy) is 2. The van der Waals surface area contributed by atoms with Crippen LogP contribution in [0.25, 0.3) is 0 Å². The fourth-order valence-corrected chi connectivity index (χ4v) is 6.47. The smallest absolute Gasteiger partial charge is 0.220 e. The monoisotopic (exact) mass is 826 g/mol. The predicted molar refractivity (Wildman–Crippen MR) is 244 cm³/mol. The standard InChI is InChI=1S/C50H83NO8/c1-3-5-7-9-11-13-15-16-17-18-19-20-21-22-23-24-25-26-27-28-30-32-34-36-38-40-46(54)51-43(42-58-50-49(57)48(56)47(55)45(41-52)59-50)44(53)39-37-35-33-31-29-14-12-10-8-6-4-2/h5,7,11,13,16-17,19-20,22-23,25-26,29,31,37,39,43-45,47-50,52-53,55-57H,3-4,6,8-10,12,14-15,18,21,24,27-28,30,32-36,38,40-42H2,1-2H3,(H,51,54)/b7-5-,13-11-,17-16-,20-19-,23-22-,26-25-,31-29+,39-37+. The molecule has 1 amide bonds. The Hall–Kier alpha value is -2.89. The number of allylic oxidation sites excluding steroid dienone is 15. The lowest BCUT2D eigenvalue weighted by Crippen LogP contribution is -2.60. The van der Waals surface area contributed by atoms with Crippen molar-refractivity contribution in [1.29, 1.82) is 0 Å². The van der Waals surface area contributed by atoms with Crippen molar-refractivity contribution < 1.29 is 39.8 Å². The van der Waals surface area contributed by atoms with Gasteiger partial charge in [-0.25, -0.2) is 0 Å². The van der Waals surface area contributed by atoms with E-state index in [-0.39, 0.29) is 12.5 Å². The number of carbonyl (C=O) groups is 1. The largest absolute Gasteiger partial charge is 0.394 e. The van der Waals surface area contributed by atoms with Crippen molar-refractivity contribution in [3.8, 4) is 0 Å². The van der Waals surface area contributed by atoms with E-state index in [1.807, 2.05) is 6.08 Å². The molecule has 59 heavy (non-hydrogen) atoms. The summed E-state index contributed by atoms with van der Waals surface area (Å²) in [4.78, 5) is 12.9. The summed E-state index contributed by atoms with van der Waals surface area (Å²) in [5, 5.41) is 54.1. The Morgan fingerprint density at radius 1 is 0.593 bits per heavy atom. The van der Waals surface area contributed by atoms with Gasteiger partial charge >= 0.3 is 0 Å². The minimum atomic E-state index is -1.58. The van der Waals surface area contributed by atoms with E-state index >= 15 is 0 Å². The maximum Gasteiger partial charge on any atom is 0.220 e. The van der Waals surface area contributed by atoms with E-state index < -0.39 is 49.5 Å². The van der Waals surface area contributed by atoms with Crippen LogP contribution >= 0.6 is 0 Å². The molecule has 1 rings (SSSR count). The molecular weight excluding hydrogens is 743 g/mol. The van der Waals surface area contributed by atoms with Gasteiger partial charge in [0.2, 0.25) is 5.91 Å². The Balaban J connectivity index is 2.33. The third-order valence-electron chi connectivity index (χ3n) is 10.1. The van der Waals surface area contributed by atoms with Gasteiger partial charge in [0, 0.05) is 6.42 Å². The molecule has 0 aromatic rings. The zero-order valence-corrected chi connectivity index (χ0v) is 36.7. The van der Waals surface area contributed by atoms with Gasteiger partial charge < -0.3 is 40.3 Å². The average Bonchev–Trinajstić information content (AvgIpc) is 3.23. The lowest BCUT2D eigenvalue weighted by Gasteiger charge is -2.40. The number of hydrogen-bond acceptors (Lipinski definition) is 8. The van der Waals surface area contributed by atoms with Crippen LogP contribution in [0.4, 0.5) is 0 Å². The summed E-state index contributed by atoms with van der Waals surface area (Å²) in [5.74, 6) is -0.209. The Labute approximate surface area is 358 Å². The number of aliphatic hydroxyl groups excluding tert-OH is 5. The van der Waals surface area contributed by atoms with Crippen LogP contribution in [-0.2, 0) is 14.3 Å². The first kappa shape index (κ1) is 54.1. The summed E-state index contributed by atoms with van der Waals surface area (Å²) < 4.78 is 11.2. The van der Waals surface area contributed by atoms with E-state index in [0.29, 0.717) is 6.42 Å². The van der Waals surface area contributed by atoms with Gasteiger partial charge in [-0.3, -0.25) is 4.79 Å². The van der Waals surface area contributed by atoms with E-state index in [9.17, 15) is 30.3 Å². The molecule has 1 saturated heterocycles. The molecule has 9 heteroatoms. The van der Waals surface area contributed by atoms with Crippen molar-refractivity contribution in [3.63, 3.8) is 0 Å². The predicted octanol–water partition coefficient (Wildman–Crippen LogP) is 9.72. The summed E-state index contributed by atoms with van der Waals surface area (Å²) in [7, 11) is 0. The van der Waals surface area contributed by atoms with E-state index in [0.717, 1.165) is 103 Å².